The Bertz CT molecular complexity index is 3920. The molecule has 7 N–H and O–H groups in total. The molecule has 0 unspecified atom stereocenters. The van der Waals surface area contributed by atoms with E-state index in [1.54, 1.807) is 146 Å². The Morgan fingerprint density at radius 2 is 0.904 bits per heavy atom. The first-order valence-electron chi connectivity index (χ1n) is 27.7. The van der Waals surface area contributed by atoms with Crippen LogP contribution in [-0.2, 0) is 38.2 Å². The van der Waals surface area contributed by atoms with Crippen LogP contribution in [0.15, 0.2) is 182 Å². The van der Waals surface area contributed by atoms with Crippen molar-refractivity contribution >= 4 is 102 Å². The number of pyridine rings is 3. The number of anilines is 3. The first kappa shape index (κ1) is 76.0. The van der Waals surface area contributed by atoms with Crippen LogP contribution < -0.4 is 42.2 Å². The maximum absolute atomic E-state index is 12.8. The number of aromatic nitrogens is 3. The molecule has 0 atom stereocenters. The molecule has 0 saturated carbocycles. The number of carbonyl (C=O) groups excluding carboxylic acids is 2. The number of rotatable bonds is 17. The second kappa shape index (κ2) is 35.6. The second-order valence-corrected chi connectivity index (χ2v) is 22.3. The first-order chi connectivity index (χ1) is 43.7. The number of benzene rings is 6. The number of primary amides is 1. The number of carbonyl (C=O) groups is 2. The first-order valence-corrected chi connectivity index (χ1v) is 28.9. The smallest absolute Gasteiger partial charge is 0.438 e. The van der Waals surface area contributed by atoms with Crippen LogP contribution in [0.4, 0.5) is 53.4 Å². The predicted molar refractivity (Wildman–Crippen MR) is 358 cm³/mol. The fraction of sp³-hybridized carbons (Fsp3) is 0.197. The molecule has 0 spiro atoms. The Labute approximate surface area is 566 Å². The number of amides is 2. The summed E-state index contributed by atoms with van der Waals surface area (Å²) in [6.07, 6.45) is 5.26. The van der Waals surface area contributed by atoms with Crippen molar-refractivity contribution in [1.29, 1.82) is 0 Å². The summed E-state index contributed by atoms with van der Waals surface area (Å²) in [6, 6.07) is 45.2. The number of hydrogen-bond acceptors (Lipinski definition) is 14. The third-order valence-corrected chi connectivity index (χ3v) is 14.5. The number of halogens is 11. The average Bonchev–Trinajstić information content (AvgIpc) is 1.60. The summed E-state index contributed by atoms with van der Waals surface area (Å²) in [4.78, 5) is 34.1. The maximum Gasteiger partial charge on any atom is 0.508 e. The summed E-state index contributed by atoms with van der Waals surface area (Å²) in [5, 5.41) is 3.86. The van der Waals surface area contributed by atoms with Gasteiger partial charge in [0.05, 0.1) is 18.3 Å². The lowest BCUT2D eigenvalue weighted by atomic mass is 9.80. The van der Waals surface area contributed by atoms with Gasteiger partial charge in [0.1, 0.15) is 41.3 Å². The Morgan fingerprint density at radius 1 is 0.521 bits per heavy atom. The molecule has 1 aliphatic heterocycles. The third kappa shape index (κ3) is 23.1. The zero-order valence-electron chi connectivity index (χ0n) is 50.7. The number of hydrogen-bond donors (Lipinski definition) is 4. The number of nitrogens with one attached hydrogen (secondary N) is 1. The number of nitrogen functional groups attached to an aromatic ring is 2. The monoisotopic (exact) mass is 1400 g/mol. The highest BCUT2D eigenvalue weighted by Crippen LogP contribution is 2.39. The van der Waals surface area contributed by atoms with Crippen molar-refractivity contribution in [2.24, 2.45) is 5.73 Å². The Morgan fingerprint density at radius 3 is 1.26 bits per heavy atom. The summed E-state index contributed by atoms with van der Waals surface area (Å²) in [7, 11) is 0.831. The maximum atomic E-state index is 12.8. The highest BCUT2D eigenvalue weighted by atomic mass is 35.5. The molecule has 0 aliphatic carbocycles. The summed E-state index contributed by atoms with van der Waals surface area (Å²) in [5.41, 5.74) is 24.1. The molecule has 4 heterocycles. The number of alkyl halides is 6. The summed E-state index contributed by atoms with van der Waals surface area (Å²) in [5.74, 6) is 1.47. The van der Waals surface area contributed by atoms with Crippen molar-refractivity contribution in [2.75, 3.05) is 23.9 Å². The minimum absolute atomic E-state index is 0. The lowest BCUT2D eigenvalue weighted by Gasteiger charge is -2.32. The molecule has 0 bridgehead atoms. The molecular formula is C66H63BCl5F6N7O9. The molecule has 9 aromatic rings. The zero-order chi connectivity index (χ0) is 66.7. The van der Waals surface area contributed by atoms with E-state index < -0.39 is 32.0 Å². The van der Waals surface area contributed by atoms with Crippen molar-refractivity contribution < 1.29 is 68.9 Å². The van der Waals surface area contributed by atoms with E-state index in [9.17, 15) is 35.9 Å². The van der Waals surface area contributed by atoms with E-state index in [2.05, 4.69) is 39.2 Å². The van der Waals surface area contributed by atoms with Crippen LogP contribution in [0.2, 0.25) is 15.1 Å². The van der Waals surface area contributed by atoms with E-state index >= 15 is 0 Å². The molecule has 1 fully saturated rings. The lowest BCUT2D eigenvalue weighted by molar-refractivity contribution is -0.0501. The SMILES string of the molecule is CC1(C)OB(c2ccc(N)nc2)OC1(C)C.COC(=O)OCc1ccc(OC(F)F)c(-c2cccc(Cl)c2)c1.Cl.Cl.NC(=O)Nc1ccc(Cc2ccc(OC(F)F)c(-c3cccc(Cl)c3)c2)cn1.Nc1ccc(Cc2ccc(OC(F)F)c(-c3cccc(Cl)c3)c2)cn1. The van der Waals surface area contributed by atoms with Gasteiger partial charge in [-0.1, -0.05) is 108 Å². The number of nitrogens with two attached hydrogens (primary N) is 3. The zero-order valence-corrected chi connectivity index (χ0v) is 54.6. The number of urea groups is 1. The van der Waals surface area contributed by atoms with Gasteiger partial charge >= 0.3 is 39.1 Å². The minimum Gasteiger partial charge on any atom is -0.438 e. The number of nitrogens with zero attached hydrogens (tertiary/aromatic N) is 3. The van der Waals surface area contributed by atoms with E-state index in [1.165, 1.54) is 25.3 Å². The largest absolute Gasteiger partial charge is 0.508 e. The Kier molecular flexibility index (Phi) is 28.8. The van der Waals surface area contributed by atoms with Gasteiger partial charge in [-0.25, -0.2) is 24.5 Å². The predicted octanol–water partition coefficient (Wildman–Crippen LogP) is 17.0. The molecule has 16 nitrogen and oxygen atoms in total. The van der Waals surface area contributed by atoms with Gasteiger partial charge in [-0.3, -0.25) is 5.32 Å². The minimum atomic E-state index is -2.95. The van der Waals surface area contributed by atoms with Gasteiger partial charge in [-0.15, -0.1) is 24.8 Å². The molecule has 0 radical (unpaired) electrons. The molecule has 3 aromatic heterocycles. The third-order valence-electron chi connectivity index (χ3n) is 13.8. The van der Waals surface area contributed by atoms with Crippen LogP contribution in [0.1, 0.15) is 55.5 Å². The molecule has 1 aliphatic rings. The van der Waals surface area contributed by atoms with Gasteiger partial charge < -0.3 is 50.2 Å². The van der Waals surface area contributed by atoms with Gasteiger partial charge in [0, 0.05) is 55.8 Å². The second-order valence-electron chi connectivity index (χ2n) is 21.0. The number of methoxy groups -OCH3 is 1. The van der Waals surface area contributed by atoms with Crippen LogP contribution >= 0.6 is 59.6 Å². The number of ether oxygens (including phenoxy) is 5. The summed E-state index contributed by atoms with van der Waals surface area (Å²) in [6.45, 7) is -0.742. The highest BCUT2D eigenvalue weighted by molar-refractivity contribution is 6.62. The topological polar surface area (TPSA) is 228 Å². The van der Waals surface area contributed by atoms with Gasteiger partial charge in [0.2, 0.25) is 0 Å². The van der Waals surface area contributed by atoms with Gasteiger partial charge in [-0.05, 0) is 176 Å². The van der Waals surface area contributed by atoms with Gasteiger partial charge in [-0.2, -0.15) is 26.3 Å². The summed E-state index contributed by atoms with van der Waals surface area (Å²) < 4.78 is 111. The van der Waals surface area contributed by atoms with Crippen LogP contribution in [0.5, 0.6) is 17.2 Å². The molecule has 1 saturated heterocycles. The fourth-order valence-corrected chi connectivity index (χ4v) is 9.33. The van der Waals surface area contributed by atoms with Crippen molar-refractivity contribution in [1.82, 2.24) is 15.0 Å². The highest BCUT2D eigenvalue weighted by Gasteiger charge is 2.51. The normalized spacial score (nSPS) is 12.5. The van der Waals surface area contributed by atoms with E-state index in [1.807, 2.05) is 45.9 Å². The molecular weight excluding hydrogens is 1340 g/mol. The molecule has 10 rings (SSSR count). The van der Waals surface area contributed by atoms with Crippen molar-refractivity contribution in [3.8, 4) is 50.6 Å². The van der Waals surface area contributed by atoms with E-state index in [-0.39, 0.29) is 67.0 Å². The van der Waals surface area contributed by atoms with Crippen molar-refractivity contribution in [3.05, 3.63) is 225 Å². The molecule has 94 heavy (non-hydrogen) atoms. The fourth-order valence-electron chi connectivity index (χ4n) is 8.76. The summed E-state index contributed by atoms with van der Waals surface area (Å²) >= 11 is 18.0. The quantitative estimate of drug-likeness (QED) is 0.0378. The van der Waals surface area contributed by atoms with Crippen LogP contribution in [0, 0.1) is 0 Å². The Hall–Kier alpha value is -8.68. The Balaban J connectivity index is 0.000000229. The molecule has 6 aromatic carbocycles. The van der Waals surface area contributed by atoms with Crippen molar-refractivity contribution in [2.45, 2.75) is 78.2 Å². The van der Waals surface area contributed by atoms with E-state index in [0.717, 1.165) is 27.7 Å². The molecule has 28 heteroatoms. The standard InChI is InChI=1S/C20H16ClF2N3O2.C19H15ClF2N2O.C16H13ClF2O4.C11H17BN2O2.2ClH/c21-15-3-1-2-14(10-15)16-9-12(4-6-17(16)28-19(22)23)8-13-5-7-18(25-11-13)26-20(24)27;20-15-3-1-2-14(10-15)16-9-12(4-6-17(16)25-19(21)22)8-13-5-7-18(23)24-11-13;1-21-16(20)22-9-10-5-6-14(23-15(18)19)13(7-10)11-3-2-4-12(17)8-11;1-10(2)11(3,4)16-12(15-10)8-5-6-9(13)14-7-8;;/h1-7,9-11,19H,8H2,(H3,24,25,26,27);1-7,9-11,19H,8H2,(H2,23,24);2-8,15H,9H2,1H3;5-7H,1-4H3,(H2,13,14);2*1H. The molecule has 496 valence electrons. The van der Waals surface area contributed by atoms with Crippen molar-refractivity contribution in [3.63, 3.8) is 0 Å². The molecule has 2 amide bonds. The van der Waals surface area contributed by atoms with E-state index in [4.69, 9.17) is 66.0 Å². The van der Waals surface area contributed by atoms with E-state index in [0.29, 0.717) is 84.3 Å². The van der Waals surface area contributed by atoms with Crippen LogP contribution in [0.3, 0.4) is 0 Å². The van der Waals surface area contributed by atoms with Gasteiger partial charge in [0.25, 0.3) is 0 Å². The van der Waals surface area contributed by atoms with Crippen LogP contribution in [-0.4, -0.2) is 72.4 Å². The van der Waals surface area contributed by atoms with Gasteiger partial charge in [0.15, 0.2) is 0 Å². The van der Waals surface area contributed by atoms with Crippen LogP contribution in [0.25, 0.3) is 33.4 Å². The lowest BCUT2D eigenvalue weighted by Crippen LogP contribution is -2.41. The average molecular weight is 1400 g/mol.